The van der Waals surface area contributed by atoms with Crippen LogP contribution in [0.2, 0.25) is 5.02 Å². The third-order valence-corrected chi connectivity index (χ3v) is 2.96. The summed E-state index contributed by atoms with van der Waals surface area (Å²) in [7, 11) is 0. The molecule has 0 bridgehead atoms. The Labute approximate surface area is 112 Å². The number of hydrogen-bond donors (Lipinski definition) is 1. The fraction of sp³-hybridized carbons (Fsp3) is 0.167. The highest BCUT2D eigenvalue weighted by Crippen LogP contribution is 2.32. The molecule has 0 spiro atoms. The Balaban J connectivity index is 2.40. The van der Waals surface area contributed by atoms with E-state index in [1.54, 1.807) is 0 Å². The Bertz CT molecular complexity index is 641. The minimum Gasteiger partial charge on any atom is -0.403 e. The summed E-state index contributed by atoms with van der Waals surface area (Å²) in [5.74, 6) is -1.00. The Morgan fingerprint density at radius 3 is 2.74 bits per heavy atom. The van der Waals surface area contributed by atoms with Gasteiger partial charge < -0.3 is 9.52 Å². The lowest BCUT2D eigenvalue weighted by Gasteiger charge is -2.11. The van der Waals surface area contributed by atoms with Crippen molar-refractivity contribution in [2.45, 2.75) is 13.0 Å². The SMILES string of the molecule is Cc1cc(C(O)c2ccc([N+](=O)[O-])o2)c(Cl)cc1F. The summed E-state index contributed by atoms with van der Waals surface area (Å²) in [6.07, 6.45) is -1.29. The summed E-state index contributed by atoms with van der Waals surface area (Å²) < 4.78 is 18.1. The molecule has 19 heavy (non-hydrogen) atoms. The van der Waals surface area contributed by atoms with Crippen molar-refractivity contribution >= 4 is 17.5 Å². The topological polar surface area (TPSA) is 76.5 Å². The van der Waals surface area contributed by atoms with Crippen molar-refractivity contribution in [1.82, 2.24) is 0 Å². The van der Waals surface area contributed by atoms with Gasteiger partial charge in [0.15, 0.2) is 0 Å². The molecule has 0 amide bonds. The second-order valence-corrected chi connectivity index (χ2v) is 4.37. The zero-order valence-electron chi connectivity index (χ0n) is 9.76. The summed E-state index contributed by atoms with van der Waals surface area (Å²) in [5, 5.41) is 20.6. The van der Waals surface area contributed by atoms with Gasteiger partial charge in [-0.05, 0) is 30.7 Å². The van der Waals surface area contributed by atoms with E-state index in [1.807, 2.05) is 0 Å². The number of aryl methyl sites for hydroxylation is 1. The smallest absolute Gasteiger partial charge is 0.403 e. The minimum atomic E-state index is -1.29. The van der Waals surface area contributed by atoms with E-state index in [4.69, 9.17) is 16.0 Å². The molecule has 0 aliphatic rings. The molecule has 0 fully saturated rings. The van der Waals surface area contributed by atoms with Crippen molar-refractivity contribution in [3.63, 3.8) is 0 Å². The monoisotopic (exact) mass is 285 g/mol. The number of nitro groups is 1. The van der Waals surface area contributed by atoms with Gasteiger partial charge in [-0.3, -0.25) is 10.1 Å². The molecule has 0 radical (unpaired) electrons. The Morgan fingerprint density at radius 1 is 1.47 bits per heavy atom. The Hall–Kier alpha value is -1.92. The van der Waals surface area contributed by atoms with Gasteiger partial charge in [-0.2, -0.15) is 0 Å². The van der Waals surface area contributed by atoms with Crippen LogP contribution in [0.25, 0.3) is 0 Å². The van der Waals surface area contributed by atoms with Crippen LogP contribution in [0.1, 0.15) is 23.0 Å². The number of halogens is 2. The maximum Gasteiger partial charge on any atom is 0.433 e. The largest absolute Gasteiger partial charge is 0.433 e. The predicted molar refractivity (Wildman–Crippen MR) is 65.6 cm³/mol. The fourth-order valence-electron chi connectivity index (χ4n) is 1.63. The molecule has 1 aromatic carbocycles. The van der Waals surface area contributed by atoms with Crippen LogP contribution in [0.15, 0.2) is 28.7 Å². The van der Waals surface area contributed by atoms with Crippen molar-refractivity contribution in [2.75, 3.05) is 0 Å². The van der Waals surface area contributed by atoms with Gasteiger partial charge in [0.1, 0.15) is 22.6 Å². The third kappa shape index (κ3) is 2.59. The molecule has 1 aromatic heterocycles. The highest BCUT2D eigenvalue weighted by Gasteiger charge is 2.22. The van der Waals surface area contributed by atoms with Gasteiger partial charge in [-0.25, -0.2) is 4.39 Å². The lowest BCUT2D eigenvalue weighted by atomic mass is 10.0. The molecule has 100 valence electrons. The van der Waals surface area contributed by atoms with Gasteiger partial charge in [0, 0.05) is 10.6 Å². The van der Waals surface area contributed by atoms with Gasteiger partial charge in [-0.15, -0.1) is 0 Å². The highest BCUT2D eigenvalue weighted by molar-refractivity contribution is 6.31. The number of aliphatic hydroxyl groups excluding tert-OH is 1. The Kier molecular flexibility index (Phi) is 3.55. The van der Waals surface area contributed by atoms with E-state index >= 15 is 0 Å². The molecule has 0 aliphatic heterocycles. The van der Waals surface area contributed by atoms with Gasteiger partial charge in [0.25, 0.3) is 0 Å². The van der Waals surface area contributed by atoms with E-state index in [2.05, 4.69) is 0 Å². The summed E-state index contributed by atoms with van der Waals surface area (Å²) in [6.45, 7) is 1.52. The molecule has 0 saturated heterocycles. The van der Waals surface area contributed by atoms with Gasteiger partial charge in [-0.1, -0.05) is 11.6 Å². The van der Waals surface area contributed by atoms with E-state index in [0.29, 0.717) is 5.56 Å². The zero-order chi connectivity index (χ0) is 14.2. The first kappa shape index (κ1) is 13.5. The van der Waals surface area contributed by atoms with E-state index in [9.17, 15) is 19.6 Å². The van der Waals surface area contributed by atoms with E-state index in [1.165, 1.54) is 19.1 Å². The summed E-state index contributed by atoms with van der Waals surface area (Å²) in [5.41, 5.74) is 0.532. The second-order valence-electron chi connectivity index (χ2n) is 3.96. The van der Waals surface area contributed by atoms with Crippen molar-refractivity contribution in [3.8, 4) is 0 Å². The van der Waals surface area contributed by atoms with E-state index in [-0.39, 0.29) is 16.3 Å². The number of rotatable bonds is 3. The number of nitrogens with zero attached hydrogens (tertiary/aromatic N) is 1. The van der Waals surface area contributed by atoms with Crippen molar-refractivity contribution < 1.29 is 18.8 Å². The van der Waals surface area contributed by atoms with Crippen LogP contribution >= 0.6 is 11.6 Å². The molecule has 0 aliphatic carbocycles. The normalized spacial score (nSPS) is 12.4. The average Bonchev–Trinajstić information content (AvgIpc) is 2.82. The van der Waals surface area contributed by atoms with Crippen molar-refractivity contribution in [2.24, 2.45) is 0 Å². The fourth-order valence-corrected chi connectivity index (χ4v) is 1.88. The number of benzene rings is 1. The Morgan fingerprint density at radius 2 is 2.16 bits per heavy atom. The minimum absolute atomic E-state index is 0.0228. The van der Waals surface area contributed by atoms with Crippen LogP contribution in [0.5, 0.6) is 0 Å². The van der Waals surface area contributed by atoms with Crippen LogP contribution in [0, 0.1) is 22.9 Å². The predicted octanol–water partition coefficient (Wildman–Crippen LogP) is 3.37. The van der Waals surface area contributed by atoms with Crippen LogP contribution in [-0.4, -0.2) is 10.0 Å². The van der Waals surface area contributed by atoms with E-state index < -0.39 is 22.7 Å². The lowest BCUT2D eigenvalue weighted by Crippen LogP contribution is -2.01. The molecular formula is C12H9ClFNO4. The summed E-state index contributed by atoms with van der Waals surface area (Å²) >= 11 is 5.84. The molecule has 7 heteroatoms. The molecule has 0 saturated carbocycles. The molecule has 1 atom stereocenters. The molecule has 1 heterocycles. The summed E-state index contributed by atoms with van der Waals surface area (Å²) in [6, 6.07) is 4.85. The van der Waals surface area contributed by atoms with Crippen molar-refractivity contribution in [3.05, 3.63) is 62.1 Å². The maximum absolute atomic E-state index is 13.3. The zero-order valence-corrected chi connectivity index (χ0v) is 10.5. The maximum atomic E-state index is 13.3. The van der Waals surface area contributed by atoms with Crippen molar-refractivity contribution in [1.29, 1.82) is 0 Å². The van der Waals surface area contributed by atoms with Crippen LogP contribution < -0.4 is 0 Å². The van der Waals surface area contributed by atoms with E-state index in [0.717, 1.165) is 12.1 Å². The quantitative estimate of drug-likeness (QED) is 0.693. The highest BCUT2D eigenvalue weighted by atomic mass is 35.5. The lowest BCUT2D eigenvalue weighted by molar-refractivity contribution is -0.402. The number of furan rings is 1. The first-order valence-electron chi connectivity index (χ1n) is 5.28. The molecule has 1 N–H and O–H groups in total. The van der Waals surface area contributed by atoms with Crippen LogP contribution in [0.3, 0.4) is 0 Å². The molecular weight excluding hydrogens is 277 g/mol. The molecule has 2 rings (SSSR count). The van der Waals surface area contributed by atoms with Crippen LogP contribution in [0.4, 0.5) is 10.3 Å². The molecule has 1 unspecified atom stereocenters. The standard InChI is InChI=1S/C12H9ClFNO4/c1-6-4-7(8(13)5-9(6)14)12(16)10-2-3-11(19-10)15(17)18/h2-5,12,16H,1H3. The molecule has 2 aromatic rings. The molecule has 5 nitrogen and oxygen atoms in total. The van der Waals surface area contributed by atoms with Gasteiger partial charge >= 0.3 is 5.88 Å². The first-order valence-corrected chi connectivity index (χ1v) is 5.65. The van der Waals surface area contributed by atoms with Gasteiger partial charge in [0.2, 0.25) is 0 Å². The summed E-state index contributed by atoms with van der Waals surface area (Å²) in [4.78, 5) is 9.78. The number of aliphatic hydroxyl groups is 1. The third-order valence-electron chi connectivity index (χ3n) is 2.63. The average molecular weight is 286 g/mol. The van der Waals surface area contributed by atoms with Gasteiger partial charge in [0.05, 0.1) is 6.07 Å². The number of hydrogen-bond acceptors (Lipinski definition) is 4. The second kappa shape index (κ2) is 4.99. The van der Waals surface area contributed by atoms with Crippen LogP contribution in [-0.2, 0) is 0 Å². The first-order chi connectivity index (χ1) is 8.90.